The Bertz CT molecular complexity index is 1050. The molecule has 0 aliphatic carbocycles. The summed E-state index contributed by atoms with van der Waals surface area (Å²) in [7, 11) is 0. The molecule has 1 aliphatic rings. The maximum Gasteiger partial charge on any atom is 0.277 e. The summed E-state index contributed by atoms with van der Waals surface area (Å²) in [6.07, 6.45) is 0.566. The Labute approximate surface area is 191 Å². The first-order chi connectivity index (χ1) is 15.6. The highest BCUT2D eigenvalue weighted by Gasteiger charge is 2.18. The van der Waals surface area contributed by atoms with Crippen molar-refractivity contribution >= 4 is 35.0 Å². The van der Waals surface area contributed by atoms with Crippen LogP contribution < -0.4 is 10.2 Å². The van der Waals surface area contributed by atoms with Crippen molar-refractivity contribution in [3.63, 3.8) is 0 Å². The van der Waals surface area contributed by atoms with Crippen LogP contribution in [0.4, 0.5) is 11.4 Å². The number of nitrogens with one attached hydrogen (secondary N) is 1. The molecule has 0 unspecified atom stereocenters. The molecule has 2 amide bonds. The zero-order valence-corrected chi connectivity index (χ0v) is 18.7. The Morgan fingerprint density at radius 2 is 1.72 bits per heavy atom. The molecular weight excluding hydrogens is 426 g/mol. The molecule has 166 valence electrons. The number of amides is 2. The molecule has 2 heterocycles. The van der Waals surface area contributed by atoms with Gasteiger partial charge in [-0.05, 0) is 29.8 Å². The third-order valence-electron chi connectivity index (χ3n) is 5.21. The molecular formula is C23H25N5O3S. The molecule has 0 saturated carbocycles. The van der Waals surface area contributed by atoms with Crippen LogP contribution in [0, 0.1) is 0 Å². The van der Waals surface area contributed by atoms with Crippen LogP contribution in [0.2, 0.25) is 0 Å². The molecule has 0 atom stereocenters. The molecule has 9 heteroatoms. The van der Waals surface area contributed by atoms with Gasteiger partial charge in [0.15, 0.2) is 0 Å². The van der Waals surface area contributed by atoms with E-state index in [4.69, 9.17) is 4.42 Å². The van der Waals surface area contributed by atoms with Crippen LogP contribution in [0.5, 0.6) is 0 Å². The van der Waals surface area contributed by atoms with E-state index in [9.17, 15) is 9.59 Å². The van der Waals surface area contributed by atoms with Crippen LogP contribution in [0.25, 0.3) is 0 Å². The largest absolute Gasteiger partial charge is 0.416 e. The Balaban J connectivity index is 1.23. The third-order valence-corrected chi connectivity index (χ3v) is 6.03. The van der Waals surface area contributed by atoms with E-state index in [1.807, 2.05) is 59.5 Å². The van der Waals surface area contributed by atoms with Gasteiger partial charge in [-0.1, -0.05) is 42.1 Å². The maximum atomic E-state index is 12.3. The lowest BCUT2D eigenvalue weighted by molar-refractivity contribution is -0.129. The van der Waals surface area contributed by atoms with Crippen molar-refractivity contribution < 1.29 is 14.0 Å². The fourth-order valence-corrected chi connectivity index (χ4v) is 4.08. The second-order valence-electron chi connectivity index (χ2n) is 7.50. The van der Waals surface area contributed by atoms with Gasteiger partial charge in [0.2, 0.25) is 17.7 Å². The van der Waals surface area contributed by atoms with Crippen molar-refractivity contribution in [2.24, 2.45) is 0 Å². The molecule has 1 aliphatic heterocycles. The Hall–Kier alpha value is -3.33. The van der Waals surface area contributed by atoms with Crippen molar-refractivity contribution in [1.29, 1.82) is 0 Å². The number of rotatable bonds is 7. The molecule has 1 N–H and O–H groups in total. The predicted octanol–water partition coefficient (Wildman–Crippen LogP) is 3.06. The average Bonchev–Trinajstić information content (AvgIpc) is 3.26. The Morgan fingerprint density at radius 3 is 2.41 bits per heavy atom. The van der Waals surface area contributed by atoms with Gasteiger partial charge in [-0.25, -0.2) is 0 Å². The second-order valence-corrected chi connectivity index (χ2v) is 8.43. The minimum absolute atomic E-state index is 0.119. The van der Waals surface area contributed by atoms with Gasteiger partial charge in [0.25, 0.3) is 5.22 Å². The molecule has 1 fully saturated rings. The first-order valence-corrected chi connectivity index (χ1v) is 11.4. The number of anilines is 2. The lowest BCUT2D eigenvalue weighted by Gasteiger charge is -2.35. The van der Waals surface area contributed by atoms with Gasteiger partial charge in [0, 0.05) is 44.5 Å². The topological polar surface area (TPSA) is 91.6 Å². The van der Waals surface area contributed by atoms with Gasteiger partial charge >= 0.3 is 0 Å². The van der Waals surface area contributed by atoms with Crippen molar-refractivity contribution in [2.75, 3.05) is 42.1 Å². The number of carbonyl (C=O) groups is 2. The number of piperazine rings is 1. The van der Waals surface area contributed by atoms with Crippen LogP contribution in [0.1, 0.15) is 18.4 Å². The van der Waals surface area contributed by atoms with Crippen LogP contribution in [0.15, 0.2) is 64.2 Å². The van der Waals surface area contributed by atoms with Crippen molar-refractivity contribution in [3.8, 4) is 0 Å². The Morgan fingerprint density at radius 1 is 1.00 bits per heavy atom. The van der Waals surface area contributed by atoms with Gasteiger partial charge in [-0.3, -0.25) is 9.59 Å². The maximum absolute atomic E-state index is 12.3. The van der Waals surface area contributed by atoms with Gasteiger partial charge in [-0.15, -0.1) is 10.2 Å². The number of benzene rings is 2. The van der Waals surface area contributed by atoms with E-state index in [0.717, 1.165) is 43.1 Å². The zero-order chi connectivity index (χ0) is 22.3. The van der Waals surface area contributed by atoms with Gasteiger partial charge < -0.3 is 19.5 Å². The normalized spacial score (nSPS) is 13.8. The van der Waals surface area contributed by atoms with Gasteiger partial charge in [0.05, 0.1) is 12.2 Å². The summed E-state index contributed by atoms with van der Waals surface area (Å²) >= 11 is 1.21. The van der Waals surface area contributed by atoms with Crippen molar-refractivity contribution in [2.45, 2.75) is 18.6 Å². The monoisotopic (exact) mass is 451 g/mol. The smallest absolute Gasteiger partial charge is 0.277 e. The highest BCUT2D eigenvalue weighted by atomic mass is 32.2. The lowest BCUT2D eigenvalue weighted by Crippen LogP contribution is -2.48. The number of thioether (sulfide) groups is 1. The summed E-state index contributed by atoms with van der Waals surface area (Å²) in [5.41, 5.74) is 2.91. The number of nitrogens with zero attached hydrogens (tertiary/aromatic N) is 4. The summed E-state index contributed by atoms with van der Waals surface area (Å²) in [5.74, 6) is 0.690. The molecule has 4 rings (SSSR count). The number of hydrogen-bond donors (Lipinski definition) is 1. The van der Waals surface area contributed by atoms with Gasteiger partial charge in [-0.2, -0.15) is 0 Å². The minimum atomic E-state index is -0.138. The van der Waals surface area contributed by atoms with Crippen LogP contribution in [-0.4, -0.2) is 58.8 Å². The van der Waals surface area contributed by atoms with E-state index in [2.05, 4.69) is 20.4 Å². The van der Waals surface area contributed by atoms with E-state index in [-0.39, 0.29) is 17.6 Å². The SMILES string of the molecule is CC(=O)N1CCN(c2ccc(NC(=O)CSc3nnc(Cc4ccccc4)o3)cc2)CC1. The summed E-state index contributed by atoms with van der Waals surface area (Å²) in [5, 5.41) is 11.3. The molecule has 0 spiro atoms. The third kappa shape index (κ3) is 5.88. The number of hydrogen-bond acceptors (Lipinski definition) is 7. The van der Waals surface area contributed by atoms with Crippen molar-refractivity contribution in [3.05, 3.63) is 66.1 Å². The average molecular weight is 452 g/mol. The minimum Gasteiger partial charge on any atom is -0.416 e. The molecule has 2 aromatic carbocycles. The van der Waals surface area contributed by atoms with E-state index < -0.39 is 0 Å². The van der Waals surface area contributed by atoms with Crippen LogP contribution in [0.3, 0.4) is 0 Å². The molecule has 3 aromatic rings. The second kappa shape index (κ2) is 10.3. The number of aromatic nitrogens is 2. The number of carbonyl (C=O) groups excluding carboxylic acids is 2. The standard InChI is InChI=1S/C23H25N5O3S/c1-17(29)27-11-13-28(14-12-27)20-9-7-19(8-10-20)24-21(30)16-32-23-26-25-22(31-23)15-18-5-3-2-4-6-18/h2-10H,11-16H2,1H3,(H,24,30). The van der Waals surface area contributed by atoms with Crippen LogP contribution >= 0.6 is 11.8 Å². The summed E-state index contributed by atoms with van der Waals surface area (Å²) in [6, 6.07) is 17.6. The van der Waals surface area contributed by atoms with E-state index in [1.54, 1.807) is 6.92 Å². The molecule has 1 aromatic heterocycles. The summed E-state index contributed by atoms with van der Waals surface area (Å²) in [6.45, 7) is 4.67. The van der Waals surface area contributed by atoms with E-state index in [0.29, 0.717) is 17.5 Å². The fourth-order valence-electron chi connectivity index (χ4n) is 3.50. The fraction of sp³-hybridized carbons (Fsp3) is 0.304. The quantitative estimate of drug-likeness (QED) is 0.552. The highest BCUT2D eigenvalue weighted by molar-refractivity contribution is 7.99. The molecule has 32 heavy (non-hydrogen) atoms. The van der Waals surface area contributed by atoms with Crippen LogP contribution in [-0.2, 0) is 16.0 Å². The first kappa shape index (κ1) is 21.9. The lowest BCUT2D eigenvalue weighted by atomic mass is 10.2. The highest BCUT2D eigenvalue weighted by Crippen LogP contribution is 2.21. The predicted molar refractivity (Wildman–Crippen MR) is 124 cm³/mol. The first-order valence-electron chi connectivity index (χ1n) is 10.5. The Kier molecular flexibility index (Phi) is 7.06. The summed E-state index contributed by atoms with van der Waals surface area (Å²) < 4.78 is 5.62. The van der Waals surface area contributed by atoms with Crippen molar-refractivity contribution in [1.82, 2.24) is 15.1 Å². The van der Waals surface area contributed by atoms with E-state index >= 15 is 0 Å². The van der Waals surface area contributed by atoms with Gasteiger partial charge in [0.1, 0.15) is 0 Å². The summed E-state index contributed by atoms with van der Waals surface area (Å²) in [4.78, 5) is 27.9. The van der Waals surface area contributed by atoms with E-state index in [1.165, 1.54) is 11.8 Å². The molecule has 0 bridgehead atoms. The molecule has 8 nitrogen and oxygen atoms in total. The zero-order valence-electron chi connectivity index (χ0n) is 17.9. The molecule has 0 radical (unpaired) electrons. The molecule has 1 saturated heterocycles.